The van der Waals surface area contributed by atoms with E-state index in [9.17, 15) is 0 Å². The van der Waals surface area contributed by atoms with E-state index in [0.29, 0.717) is 11.5 Å². The maximum Gasteiger partial charge on any atom is 0.268 e. The summed E-state index contributed by atoms with van der Waals surface area (Å²) in [6.07, 6.45) is 9.75. The van der Waals surface area contributed by atoms with Crippen molar-refractivity contribution in [3.05, 3.63) is 247 Å². The molecule has 360 valence electrons. The van der Waals surface area contributed by atoms with Gasteiger partial charge in [0.05, 0.1) is 16.7 Å². The molecule has 0 spiro atoms. The van der Waals surface area contributed by atoms with Gasteiger partial charge in [0.2, 0.25) is 0 Å². The molecule has 0 saturated heterocycles. The summed E-state index contributed by atoms with van der Waals surface area (Å²) >= 11 is 0. The molecule has 0 N–H and O–H groups in total. The molecular formula is C68H50N4OPt-2. The van der Waals surface area contributed by atoms with E-state index in [1.165, 1.54) is 61.2 Å². The molecule has 4 bridgehead atoms. The molecule has 0 atom stereocenters. The molecular weight excluding hydrogens is 1080 g/mol. The normalized spacial score (nSPS) is 12.7. The quantitative estimate of drug-likeness (QED) is 0.127. The Balaban J connectivity index is 0.00000528. The van der Waals surface area contributed by atoms with Crippen molar-refractivity contribution in [2.75, 3.05) is 0 Å². The number of hydrogen-bond donors (Lipinski definition) is 0. The molecule has 4 aliphatic carbocycles. The SMILES string of the molecule is CC(C)(C)c1ccnc(-n2c3[c-]c(Oc4[c-]c(-n5[c-][n+]6c7c(cccc75)-c5ccccc5-c5ccccc5-c5cccc(-c7cc8ccc7CCc7ccc(cc7)CC8)c5-6)ccc4)ccc3c3ccccc32)c1.[Pt]. The van der Waals surface area contributed by atoms with E-state index in [0.717, 1.165) is 86.8 Å². The fourth-order valence-electron chi connectivity index (χ4n) is 11.4. The summed E-state index contributed by atoms with van der Waals surface area (Å²) in [5, 5.41) is 2.22. The first-order chi connectivity index (χ1) is 35.8. The maximum atomic E-state index is 6.79. The van der Waals surface area contributed by atoms with E-state index in [4.69, 9.17) is 9.72 Å². The van der Waals surface area contributed by atoms with Crippen LogP contribution in [0.5, 0.6) is 11.5 Å². The van der Waals surface area contributed by atoms with Gasteiger partial charge in [0, 0.05) is 44.3 Å². The van der Waals surface area contributed by atoms with Gasteiger partial charge in [-0.05, 0) is 133 Å². The first-order valence-electron chi connectivity index (χ1n) is 25.5. The predicted molar refractivity (Wildman–Crippen MR) is 295 cm³/mol. The summed E-state index contributed by atoms with van der Waals surface area (Å²) < 4.78 is 13.5. The number of aryl methyl sites for hydroxylation is 4. The van der Waals surface area contributed by atoms with E-state index in [2.05, 4.69) is 229 Å². The van der Waals surface area contributed by atoms with Crippen LogP contribution in [0.4, 0.5) is 0 Å². The first kappa shape index (κ1) is 45.7. The topological polar surface area (TPSA) is 35.9 Å². The Labute approximate surface area is 446 Å². The third kappa shape index (κ3) is 7.72. The van der Waals surface area contributed by atoms with Crippen molar-refractivity contribution in [2.45, 2.75) is 51.9 Å². The van der Waals surface area contributed by atoms with Crippen LogP contribution >= 0.6 is 0 Å². The van der Waals surface area contributed by atoms with Gasteiger partial charge in [0.15, 0.2) is 0 Å². The summed E-state index contributed by atoms with van der Waals surface area (Å²) in [5.41, 5.74) is 22.0. The summed E-state index contributed by atoms with van der Waals surface area (Å²) in [6, 6.07) is 78.1. The standard InChI is InChI=1S/C68H50N4O.Pt/c1-68(2,3)48-37-38-69-65(40-48)72-62-23-9-8-19-56(62)57-36-35-51(42-64(57)72)73-50-14-10-13-49(41-50)70-43-71-66-58(54-17-6-4-15-52(54)53-16-5-7-18-55(53)59-22-12-24-63(70)67(59)71)20-11-21-60(66)61-39-46-30-29-44-25-27-45(28-26-44)31-33-47(61)34-32-46;/h4-28,32,34-40H,29-31,33H2,1-3H3;/q-2;. The molecule has 6 heteroatoms. The number of fused-ring (bicyclic) bond motifs is 10. The van der Waals surface area contributed by atoms with Crippen LogP contribution < -0.4 is 9.30 Å². The van der Waals surface area contributed by atoms with Crippen LogP contribution in [-0.4, -0.2) is 14.1 Å². The summed E-state index contributed by atoms with van der Waals surface area (Å²) in [5.74, 6) is 2.02. The molecule has 5 nitrogen and oxygen atoms in total. The number of hydrogen-bond acceptors (Lipinski definition) is 2. The number of aromatic nitrogens is 4. The zero-order valence-corrected chi connectivity index (χ0v) is 43.7. The Hall–Kier alpha value is -8.11. The Morgan fingerprint density at radius 1 is 0.500 bits per heavy atom. The van der Waals surface area contributed by atoms with E-state index in [-0.39, 0.29) is 26.5 Å². The van der Waals surface area contributed by atoms with Crippen molar-refractivity contribution < 1.29 is 30.4 Å². The van der Waals surface area contributed by atoms with Crippen LogP contribution in [0.25, 0.3) is 94.5 Å². The van der Waals surface area contributed by atoms with Crippen molar-refractivity contribution >= 4 is 32.8 Å². The van der Waals surface area contributed by atoms with Crippen molar-refractivity contribution in [1.82, 2.24) is 14.1 Å². The van der Waals surface area contributed by atoms with Gasteiger partial charge in [-0.1, -0.05) is 172 Å². The van der Waals surface area contributed by atoms with Crippen LogP contribution in [0.15, 0.2) is 200 Å². The monoisotopic (exact) mass is 1130 g/mol. The molecule has 12 aromatic rings. The van der Waals surface area contributed by atoms with Crippen LogP contribution in [0.1, 0.15) is 48.6 Å². The van der Waals surface area contributed by atoms with Gasteiger partial charge in [0.1, 0.15) is 5.82 Å². The van der Waals surface area contributed by atoms with Gasteiger partial charge >= 0.3 is 0 Å². The molecule has 0 fully saturated rings. The van der Waals surface area contributed by atoms with Crippen molar-refractivity contribution in [3.8, 4) is 73.2 Å². The molecule has 0 saturated carbocycles. The van der Waals surface area contributed by atoms with Crippen LogP contribution in [0.2, 0.25) is 0 Å². The predicted octanol–water partition coefficient (Wildman–Crippen LogP) is 15.8. The van der Waals surface area contributed by atoms with Gasteiger partial charge in [-0.25, -0.2) is 4.98 Å². The zero-order chi connectivity index (χ0) is 48.8. The molecule has 4 heterocycles. The fourth-order valence-corrected chi connectivity index (χ4v) is 11.4. The van der Waals surface area contributed by atoms with Crippen molar-refractivity contribution in [1.29, 1.82) is 0 Å². The molecule has 17 rings (SSSR count). The molecule has 9 aromatic carbocycles. The Bertz CT molecular complexity index is 4170. The third-order valence-electron chi connectivity index (χ3n) is 15.1. The van der Waals surface area contributed by atoms with Gasteiger partial charge in [0.25, 0.3) is 6.33 Å². The third-order valence-corrected chi connectivity index (χ3v) is 15.1. The second-order valence-electron chi connectivity index (χ2n) is 20.6. The van der Waals surface area contributed by atoms with Crippen LogP contribution in [0, 0.1) is 18.5 Å². The molecule has 0 amide bonds. The molecule has 5 aliphatic rings. The minimum atomic E-state index is -0.0378. The van der Waals surface area contributed by atoms with Gasteiger partial charge in [-0.2, -0.15) is 18.2 Å². The second-order valence-corrected chi connectivity index (χ2v) is 20.6. The Kier molecular flexibility index (Phi) is 11.2. The summed E-state index contributed by atoms with van der Waals surface area (Å²) in [4.78, 5) is 4.90. The van der Waals surface area contributed by atoms with Crippen LogP contribution in [0.3, 0.4) is 0 Å². The number of benzene rings is 9. The van der Waals surface area contributed by atoms with Crippen molar-refractivity contribution in [2.24, 2.45) is 0 Å². The number of rotatable bonds is 5. The fraction of sp³-hybridized carbons (Fsp3) is 0.118. The first-order valence-corrected chi connectivity index (χ1v) is 25.5. The number of para-hydroxylation sites is 3. The number of pyridine rings is 1. The van der Waals surface area contributed by atoms with E-state index in [1.54, 1.807) is 0 Å². The second kappa shape index (κ2) is 18.1. The molecule has 3 aromatic heterocycles. The minimum Gasteiger partial charge on any atom is -0.510 e. The summed E-state index contributed by atoms with van der Waals surface area (Å²) in [7, 11) is 0. The van der Waals surface area contributed by atoms with Gasteiger partial charge in [-0.15, -0.1) is 29.7 Å². The van der Waals surface area contributed by atoms with Gasteiger partial charge in [-0.3, -0.25) is 4.57 Å². The molecule has 1 aliphatic heterocycles. The number of nitrogens with zero attached hydrogens (tertiary/aromatic N) is 4. The number of imidazole rings is 1. The van der Waals surface area contributed by atoms with E-state index in [1.807, 2.05) is 24.4 Å². The maximum absolute atomic E-state index is 6.79. The number of ether oxygens (including phenoxy) is 1. The molecule has 0 radical (unpaired) electrons. The minimum absolute atomic E-state index is 0. The smallest absolute Gasteiger partial charge is 0.268 e. The average molecular weight is 1130 g/mol. The Morgan fingerprint density at radius 3 is 1.86 bits per heavy atom. The van der Waals surface area contributed by atoms with Gasteiger partial charge < -0.3 is 13.9 Å². The summed E-state index contributed by atoms with van der Waals surface area (Å²) in [6.45, 7) is 6.70. The average Bonchev–Trinajstić information content (AvgIpc) is 3.99. The van der Waals surface area contributed by atoms with E-state index >= 15 is 0 Å². The molecule has 0 unspecified atom stereocenters. The van der Waals surface area contributed by atoms with Crippen LogP contribution in [-0.2, 0) is 52.2 Å². The van der Waals surface area contributed by atoms with Crippen molar-refractivity contribution in [3.63, 3.8) is 0 Å². The molecule has 74 heavy (non-hydrogen) atoms. The largest absolute Gasteiger partial charge is 0.510 e. The zero-order valence-electron chi connectivity index (χ0n) is 41.4. The Morgan fingerprint density at radius 2 is 1.09 bits per heavy atom. The van der Waals surface area contributed by atoms with E-state index < -0.39 is 0 Å².